The van der Waals surface area contributed by atoms with E-state index < -0.39 is 0 Å². The van der Waals surface area contributed by atoms with Crippen LogP contribution < -0.4 is 5.32 Å². The highest BCUT2D eigenvalue weighted by atomic mass is 32.2. The van der Waals surface area contributed by atoms with E-state index >= 15 is 0 Å². The Hall–Kier alpha value is -2.06. The Morgan fingerprint density at radius 3 is 3.09 bits per heavy atom. The number of rotatable bonds is 6. The zero-order chi connectivity index (χ0) is 16.2. The highest BCUT2D eigenvalue weighted by molar-refractivity contribution is 7.99. The van der Waals surface area contributed by atoms with Gasteiger partial charge in [0.1, 0.15) is 0 Å². The third-order valence-electron chi connectivity index (χ3n) is 3.01. The van der Waals surface area contributed by atoms with Crippen molar-refractivity contribution in [2.45, 2.75) is 24.9 Å². The Balaban J connectivity index is 1.52. The van der Waals surface area contributed by atoms with Gasteiger partial charge in [-0.25, -0.2) is 4.98 Å². The van der Waals surface area contributed by atoms with Gasteiger partial charge in [-0.15, -0.1) is 23.1 Å². The van der Waals surface area contributed by atoms with Gasteiger partial charge in [-0.1, -0.05) is 5.16 Å². The maximum Gasteiger partial charge on any atom is 0.239 e. The highest BCUT2D eigenvalue weighted by Crippen LogP contribution is 2.27. The van der Waals surface area contributed by atoms with E-state index in [0.29, 0.717) is 11.6 Å². The van der Waals surface area contributed by atoms with Crippen LogP contribution in [0.3, 0.4) is 0 Å². The molecular weight excluding hydrogens is 334 g/mol. The minimum atomic E-state index is -0.228. The molecule has 0 aliphatic carbocycles. The van der Waals surface area contributed by atoms with Crippen molar-refractivity contribution in [1.29, 1.82) is 0 Å². The monoisotopic (exact) mass is 349 g/mol. The van der Waals surface area contributed by atoms with E-state index in [4.69, 9.17) is 8.94 Å². The zero-order valence-electron chi connectivity index (χ0n) is 12.6. The van der Waals surface area contributed by atoms with Crippen LogP contribution in [0.5, 0.6) is 0 Å². The fraction of sp³-hybridized carbons (Fsp3) is 0.267. The lowest BCUT2D eigenvalue weighted by molar-refractivity contribution is -0.115. The zero-order valence-corrected chi connectivity index (χ0v) is 14.2. The Morgan fingerprint density at radius 1 is 1.52 bits per heavy atom. The molecule has 3 aromatic heterocycles. The number of thiazole rings is 1. The summed E-state index contributed by atoms with van der Waals surface area (Å²) in [5.41, 5.74) is 1.66. The van der Waals surface area contributed by atoms with Crippen LogP contribution in [0.15, 0.2) is 38.8 Å². The number of amides is 1. The molecule has 0 fully saturated rings. The van der Waals surface area contributed by atoms with E-state index in [-0.39, 0.29) is 11.2 Å². The van der Waals surface area contributed by atoms with Gasteiger partial charge in [-0.2, -0.15) is 0 Å². The Labute approximate surface area is 141 Å². The molecule has 3 rings (SSSR count). The number of nitrogens with one attached hydrogen (secondary N) is 1. The summed E-state index contributed by atoms with van der Waals surface area (Å²) in [6, 6.07) is 5.40. The predicted octanol–water partition coefficient (Wildman–Crippen LogP) is 3.96. The number of hydrogen-bond acceptors (Lipinski definition) is 7. The van der Waals surface area contributed by atoms with E-state index in [0.717, 1.165) is 22.2 Å². The number of anilines is 1. The van der Waals surface area contributed by atoms with Gasteiger partial charge in [0.25, 0.3) is 0 Å². The summed E-state index contributed by atoms with van der Waals surface area (Å²) in [7, 11) is 0. The van der Waals surface area contributed by atoms with Crippen LogP contribution in [0.1, 0.15) is 18.3 Å². The Kier molecular flexibility index (Phi) is 4.82. The maximum absolute atomic E-state index is 12.1. The molecule has 23 heavy (non-hydrogen) atoms. The molecule has 0 aliphatic rings. The smallest absolute Gasteiger partial charge is 0.239 e. The molecule has 0 unspecified atom stereocenters. The molecule has 0 spiro atoms. The van der Waals surface area contributed by atoms with Crippen molar-refractivity contribution < 1.29 is 13.7 Å². The summed E-state index contributed by atoms with van der Waals surface area (Å²) in [6.45, 7) is 3.65. The largest absolute Gasteiger partial charge is 0.462 e. The first-order valence-corrected chi connectivity index (χ1v) is 8.89. The molecule has 3 aromatic rings. The van der Waals surface area contributed by atoms with Gasteiger partial charge in [0.15, 0.2) is 10.8 Å². The number of aromatic nitrogens is 2. The summed E-state index contributed by atoms with van der Waals surface area (Å²) in [6.07, 6.45) is 1.63. The minimum Gasteiger partial charge on any atom is -0.462 e. The van der Waals surface area contributed by atoms with Crippen LogP contribution in [-0.2, 0) is 10.5 Å². The fourth-order valence-electron chi connectivity index (χ4n) is 1.82. The molecule has 120 valence electrons. The number of hydrogen-bond donors (Lipinski definition) is 1. The van der Waals surface area contributed by atoms with Crippen LogP contribution in [0.25, 0.3) is 10.8 Å². The lowest BCUT2D eigenvalue weighted by Gasteiger charge is -2.08. The van der Waals surface area contributed by atoms with Crippen LogP contribution in [-0.4, -0.2) is 21.3 Å². The van der Waals surface area contributed by atoms with Crippen molar-refractivity contribution in [3.63, 3.8) is 0 Å². The van der Waals surface area contributed by atoms with Gasteiger partial charge in [0.05, 0.1) is 22.9 Å². The van der Waals surface area contributed by atoms with Crippen molar-refractivity contribution in [2.24, 2.45) is 0 Å². The van der Waals surface area contributed by atoms with Crippen molar-refractivity contribution in [1.82, 2.24) is 10.1 Å². The predicted molar refractivity (Wildman–Crippen MR) is 90.4 cm³/mol. The van der Waals surface area contributed by atoms with Crippen LogP contribution in [0, 0.1) is 6.92 Å². The molecule has 6 nitrogen and oxygen atoms in total. The molecule has 0 saturated carbocycles. The van der Waals surface area contributed by atoms with E-state index in [1.165, 1.54) is 23.1 Å². The molecule has 1 amide bonds. The standard InChI is InChI=1S/C15H15N3O3S2/c1-9-6-13(21-18-9)17-14(19)10(2)22-7-11-8-23-15(16-11)12-4-3-5-20-12/h3-6,8,10H,7H2,1-2H3,(H,17,19)/t10-/m0/s1. The Morgan fingerprint density at radius 2 is 2.39 bits per heavy atom. The van der Waals surface area contributed by atoms with Gasteiger partial charge in [-0.05, 0) is 26.0 Å². The fourth-order valence-corrected chi connectivity index (χ4v) is 3.49. The van der Waals surface area contributed by atoms with Crippen LogP contribution in [0.4, 0.5) is 5.88 Å². The van der Waals surface area contributed by atoms with Gasteiger partial charge < -0.3 is 8.94 Å². The highest BCUT2D eigenvalue weighted by Gasteiger charge is 2.16. The topological polar surface area (TPSA) is 81.2 Å². The van der Waals surface area contributed by atoms with Gasteiger partial charge in [0, 0.05) is 17.2 Å². The van der Waals surface area contributed by atoms with Crippen molar-refractivity contribution >= 4 is 34.9 Å². The molecule has 1 N–H and O–H groups in total. The van der Waals surface area contributed by atoms with E-state index in [1.54, 1.807) is 19.3 Å². The molecule has 0 aromatic carbocycles. The lowest BCUT2D eigenvalue weighted by atomic mass is 10.4. The first-order valence-electron chi connectivity index (χ1n) is 6.96. The van der Waals surface area contributed by atoms with Gasteiger partial charge in [-0.3, -0.25) is 10.1 Å². The third kappa shape index (κ3) is 4.02. The summed E-state index contributed by atoms with van der Waals surface area (Å²) >= 11 is 3.04. The third-order valence-corrected chi connectivity index (χ3v) is 5.09. The number of aryl methyl sites for hydroxylation is 1. The van der Waals surface area contributed by atoms with Crippen LogP contribution in [0.2, 0.25) is 0 Å². The summed E-state index contributed by atoms with van der Waals surface area (Å²) in [5.74, 6) is 1.67. The first kappa shape index (κ1) is 15.8. The summed E-state index contributed by atoms with van der Waals surface area (Å²) < 4.78 is 10.3. The molecule has 0 radical (unpaired) electrons. The van der Waals surface area contributed by atoms with Crippen molar-refractivity contribution in [3.05, 3.63) is 41.2 Å². The van der Waals surface area contributed by atoms with E-state index in [9.17, 15) is 4.79 Å². The maximum atomic E-state index is 12.1. The molecule has 0 bridgehead atoms. The average Bonchev–Trinajstić information content (AvgIpc) is 3.26. The SMILES string of the molecule is Cc1cc(NC(=O)[C@H](C)SCc2csc(-c3ccco3)n2)on1. The molecule has 8 heteroatoms. The normalized spacial score (nSPS) is 12.3. The van der Waals surface area contributed by atoms with Gasteiger partial charge in [0.2, 0.25) is 11.8 Å². The second-order valence-electron chi connectivity index (χ2n) is 4.90. The second kappa shape index (κ2) is 7.01. The molecule has 1 atom stereocenters. The molecule has 0 saturated heterocycles. The van der Waals surface area contributed by atoms with Crippen molar-refractivity contribution in [2.75, 3.05) is 5.32 Å². The number of thioether (sulfide) groups is 1. The Bertz CT molecular complexity index is 780. The van der Waals surface area contributed by atoms with Crippen LogP contribution >= 0.6 is 23.1 Å². The number of furan rings is 1. The number of carbonyl (C=O) groups is 1. The second-order valence-corrected chi connectivity index (χ2v) is 7.08. The van der Waals surface area contributed by atoms with Gasteiger partial charge >= 0.3 is 0 Å². The quantitative estimate of drug-likeness (QED) is 0.725. The lowest BCUT2D eigenvalue weighted by Crippen LogP contribution is -2.22. The minimum absolute atomic E-state index is 0.118. The molecule has 0 aliphatic heterocycles. The average molecular weight is 349 g/mol. The van der Waals surface area contributed by atoms with Crippen molar-refractivity contribution in [3.8, 4) is 10.8 Å². The number of carbonyl (C=O) groups excluding carboxylic acids is 1. The summed E-state index contributed by atoms with van der Waals surface area (Å²) in [4.78, 5) is 16.6. The van der Waals surface area contributed by atoms with E-state index in [1.807, 2.05) is 24.4 Å². The number of nitrogens with zero attached hydrogens (tertiary/aromatic N) is 2. The molecule has 3 heterocycles. The summed E-state index contributed by atoms with van der Waals surface area (Å²) in [5, 5.41) is 9.04. The molecular formula is C15H15N3O3S2. The van der Waals surface area contributed by atoms with E-state index in [2.05, 4.69) is 15.5 Å². The first-order chi connectivity index (χ1) is 11.1.